The van der Waals surface area contributed by atoms with Gasteiger partial charge in [0.15, 0.2) is 5.16 Å². The van der Waals surface area contributed by atoms with Crippen molar-refractivity contribution in [3.05, 3.63) is 78.1 Å². The Morgan fingerprint density at radius 2 is 1.80 bits per heavy atom. The summed E-state index contributed by atoms with van der Waals surface area (Å²) in [5, 5.41) is 6.91. The zero-order valence-electron chi connectivity index (χ0n) is 19.1. The molecular weight excluding hydrogens is 468 g/mol. The van der Waals surface area contributed by atoms with Gasteiger partial charge in [-0.1, -0.05) is 49.0 Å². The van der Waals surface area contributed by atoms with Gasteiger partial charge in [0.1, 0.15) is 5.54 Å². The van der Waals surface area contributed by atoms with Gasteiger partial charge >= 0.3 is 6.03 Å². The Morgan fingerprint density at radius 1 is 1.09 bits per heavy atom. The number of amides is 5. The molecule has 0 saturated carbocycles. The Bertz CT molecular complexity index is 1260. The minimum atomic E-state index is -1.24. The first-order valence-corrected chi connectivity index (χ1v) is 11.9. The number of thioether (sulfide) groups is 1. The van der Waals surface area contributed by atoms with Crippen molar-refractivity contribution in [3.63, 3.8) is 0 Å². The molecule has 2 heterocycles. The number of urea groups is 1. The van der Waals surface area contributed by atoms with Crippen LogP contribution in [0, 0.1) is 0 Å². The molecule has 1 saturated heterocycles. The monoisotopic (exact) mass is 492 g/mol. The van der Waals surface area contributed by atoms with E-state index in [0.29, 0.717) is 22.7 Å². The first-order valence-electron chi connectivity index (χ1n) is 10.9. The van der Waals surface area contributed by atoms with E-state index in [9.17, 15) is 19.2 Å². The maximum Gasteiger partial charge on any atom is 0.344 e. The van der Waals surface area contributed by atoms with Crippen molar-refractivity contribution in [3.8, 4) is 0 Å². The number of aromatic nitrogens is 2. The lowest BCUT2D eigenvalue weighted by Gasteiger charge is -2.25. The molecule has 10 nitrogen and oxygen atoms in total. The van der Waals surface area contributed by atoms with Gasteiger partial charge in [-0.15, -0.1) is 0 Å². The summed E-state index contributed by atoms with van der Waals surface area (Å²) in [7, 11) is 1.85. The molecule has 1 aromatic heterocycles. The van der Waals surface area contributed by atoms with E-state index in [0.717, 1.165) is 5.16 Å². The molecule has 35 heavy (non-hydrogen) atoms. The second-order valence-corrected chi connectivity index (χ2v) is 8.81. The van der Waals surface area contributed by atoms with Crippen molar-refractivity contribution in [2.24, 2.45) is 7.05 Å². The molecule has 1 atom stereocenters. The maximum absolute atomic E-state index is 13.2. The normalized spacial score (nSPS) is 17.3. The van der Waals surface area contributed by atoms with E-state index in [1.165, 1.54) is 23.9 Å². The molecule has 0 radical (unpaired) electrons. The topological polar surface area (TPSA) is 125 Å². The summed E-state index contributed by atoms with van der Waals surface area (Å²) in [5.41, 5.74) is 2.51. The lowest BCUT2D eigenvalue weighted by atomic mass is 9.87. The second kappa shape index (κ2) is 10.0. The van der Waals surface area contributed by atoms with E-state index in [1.807, 2.05) is 17.7 Å². The molecule has 180 valence electrons. The Balaban J connectivity index is 1.37. The number of hydrogen-bond donors (Lipinski definition) is 3. The molecular formula is C24H24N6O4S. The smallest absolute Gasteiger partial charge is 0.329 e. The van der Waals surface area contributed by atoms with E-state index in [2.05, 4.69) is 21.0 Å². The third kappa shape index (κ3) is 4.90. The summed E-state index contributed by atoms with van der Waals surface area (Å²) in [6, 6.07) is 14.3. The summed E-state index contributed by atoms with van der Waals surface area (Å²) < 4.78 is 1.82. The first-order chi connectivity index (χ1) is 16.8. The van der Waals surface area contributed by atoms with Crippen molar-refractivity contribution >= 4 is 41.2 Å². The Kier molecular flexibility index (Phi) is 6.87. The zero-order chi connectivity index (χ0) is 25.0. The van der Waals surface area contributed by atoms with Crippen LogP contribution in [0.4, 0.5) is 10.5 Å². The predicted molar refractivity (Wildman–Crippen MR) is 130 cm³/mol. The van der Waals surface area contributed by atoms with Gasteiger partial charge in [-0.05, 0) is 36.2 Å². The highest BCUT2D eigenvalue weighted by Gasteiger charge is 2.52. The number of carbonyl (C=O) groups excluding carboxylic acids is 4. The number of aryl methyl sites for hydroxylation is 1. The fourth-order valence-electron chi connectivity index (χ4n) is 3.73. The molecule has 0 bridgehead atoms. The maximum atomic E-state index is 13.2. The first kappa shape index (κ1) is 24.0. The quantitative estimate of drug-likeness (QED) is 0.328. The molecule has 0 aliphatic carbocycles. The highest BCUT2D eigenvalue weighted by molar-refractivity contribution is 7.99. The summed E-state index contributed by atoms with van der Waals surface area (Å²) >= 11 is 1.31. The van der Waals surface area contributed by atoms with Gasteiger partial charge in [-0.3, -0.25) is 19.8 Å². The van der Waals surface area contributed by atoms with Gasteiger partial charge in [0.05, 0.1) is 5.75 Å². The number of carbonyl (C=O) groups is 4. The second-order valence-electron chi connectivity index (χ2n) is 7.87. The number of benzene rings is 2. The van der Waals surface area contributed by atoms with Crippen LogP contribution in [0.15, 0.2) is 72.1 Å². The molecule has 0 spiro atoms. The minimum Gasteiger partial charge on any atom is -0.329 e. The average Bonchev–Trinajstić information content (AvgIpc) is 3.39. The fourth-order valence-corrected chi connectivity index (χ4v) is 4.46. The number of imide groups is 1. The molecule has 1 aliphatic heterocycles. The van der Waals surface area contributed by atoms with Crippen LogP contribution in [0.25, 0.3) is 0 Å². The summed E-state index contributed by atoms with van der Waals surface area (Å²) in [6.45, 7) is 1.79. The summed E-state index contributed by atoms with van der Waals surface area (Å²) in [5.74, 6) is -1.22. The van der Waals surface area contributed by atoms with Gasteiger partial charge < -0.3 is 15.2 Å². The van der Waals surface area contributed by atoms with Crippen LogP contribution in [0.2, 0.25) is 0 Å². The molecule has 3 N–H and O–H groups in total. The van der Waals surface area contributed by atoms with Gasteiger partial charge in [0.2, 0.25) is 5.91 Å². The third-order valence-corrected chi connectivity index (χ3v) is 6.70. The molecule has 4 rings (SSSR count). The van der Waals surface area contributed by atoms with E-state index >= 15 is 0 Å². The highest BCUT2D eigenvalue weighted by Crippen LogP contribution is 2.31. The SMILES string of the molecule is CCC1(c2ccccc2)NC(=O)N(NC(=O)c2ccc(NC(=O)CSc3nccn3C)cc2)C1=O. The molecule has 3 aromatic rings. The number of hydrazine groups is 1. The van der Waals surface area contributed by atoms with Crippen LogP contribution >= 0.6 is 11.8 Å². The van der Waals surface area contributed by atoms with Gasteiger partial charge in [0.25, 0.3) is 11.8 Å². The minimum absolute atomic E-state index is 0.180. The van der Waals surface area contributed by atoms with Crippen LogP contribution in [0.1, 0.15) is 29.3 Å². The Hall–Kier alpha value is -4.12. The number of rotatable bonds is 8. The fraction of sp³-hybridized carbons (Fsp3) is 0.208. The molecule has 2 aromatic carbocycles. The molecule has 5 amide bonds. The van der Waals surface area contributed by atoms with E-state index in [-0.39, 0.29) is 17.2 Å². The van der Waals surface area contributed by atoms with Crippen molar-refractivity contribution in [1.29, 1.82) is 0 Å². The number of nitrogens with one attached hydrogen (secondary N) is 3. The number of anilines is 1. The Labute approximate surface area is 206 Å². The number of imidazole rings is 1. The molecule has 1 unspecified atom stereocenters. The summed E-state index contributed by atoms with van der Waals surface area (Å²) in [4.78, 5) is 54.8. The standard InChI is InChI=1S/C24H24N6O4S/c1-3-24(17-7-5-4-6-8-17)21(33)30(22(34)27-24)28-20(32)16-9-11-18(12-10-16)26-19(31)15-35-23-25-13-14-29(23)2/h4-14H,3,15H2,1-2H3,(H,26,31)(H,27,34)(H,28,32). The molecule has 11 heteroatoms. The van der Waals surface area contributed by atoms with Crippen LogP contribution in [0.3, 0.4) is 0 Å². The summed E-state index contributed by atoms with van der Waals surface area (Å²) in [6.07, 6.45) is 3.78. The van der Waals surface area contributed by atoms with Gasteiger partial charge in [0, 0.05) is 30.7 Å². The lowest BCUT2D eigenvalue weighted by molar-refractivity contribution is -0.133. The lowest BCUT2D eigenvalue weighted by Crippen LogP contribution is -2.48. The molecule has 1 fully saturated rings. The van der Waals surface area contributed by atoms with E-state index < -0.39 is 23.4 Å². The van der Waals surface area contributed by atoms with Crippen molar-refractivity contribution in [2.75, 3.05) is 11.1 Å². The van der Waals surface area contributed by atoms with E-state index in [1.54, 1.807) is 55.7 Å². The zero-order valence-corrected chi connectivity index (χ0v) is 20.0. The van der Waals surface area contributed by atoms with Gasteiger partial charge in [-0.2, -0.15) is 5.01 Å². The van der Waals surface area contributed by atoms with Crippen molar-refractivity contribution < 1.29 is 19.2 Å². The van der Waals surface area contributed by atoms with Crippen LogP contribution in [0.5, 0.6) is 0 Å². The molecule has 1 aliphatic rings. The van der Waals surface area contributed by atoms with Crippen LogP contribution in [-0.4, -0.2) is 44.1 Å². The largest absolute Gasteiger partial charge is 0.344 e. The van der Waals surface area contributed by atoms with Crippen LogP contribution in [-0.2, 0) is 22.2 Å². The highest BCUT2D eigenvalue weighted by atomic mass is 32.2. The van der Waals surface area contributed by atoms with Crippen LogP contribution < -0.4 is 16.1 Å². The average molecular weight is 493 g/mol. The van der Waals surface area contributed by atoms with Gasteiger partial charge in [-0.25, -0.2) is 9.78 Å². The predicted octanol–water partition coefficient (Wildman–Crippen LogP) is 2.65. The van der Waals surface area contributed by atoms with Crippen molar-refractivity contribution in [1.82, 2.24) is 25.3 Å². The van der Waals surface area contributed by atoms with Crippen molar-refractivity contribution in [2.45, 2.75) is 24.0 Å². The van der Waals surface area contributed by atoms with E-state index in [4.69, 9.17) is 0 Å². The number of nitrogens with zero attached hydrogens (tertiary/aromatic N) is 3. The number of hydrogen-bond acceptors (Lipinski definition) is 6. The third-order valence-electron chi connectivity index (χ3n) is 5.64. The Morgan fingerprint density at radius 3 is 2.43 bits per heavy atom.